The molecule has 20 heavy (non-hydrogen) atoms. The maximum Gasteiger partial charge on any atom is 0.270 e. The molecule has 108 valence electrons. The van der Waals surface area contributed by atoms with Crippen LogP contribution in [0.1, 0.15) is 19.3 Å². The molecule has 1 aromatic rings. The molecule has 1 amide bonds. The van der Waals surface area contributed by atoms with Crippen LogP contribution in [0.2, 0.25) is 0 Å². The molecule has 7 heteroatoms. The van der Waals surface area contributed by atoms with Crippen molar-refractivity contribution in [1.29, 1.82) is 0 Å². The molecule has 0 bridgehead atoms. The molecule has 0 atom stereocenters. The molecule has 1 aliphatic rings. The molecule has 0 unspecified atom stereocenters. The Balaban J connectivity index is 1.93. The predicted molar refractivity (Wildman–Crippen MR) is 79.7 cm³/mol. The van der Waals surface area contributed by atoms with E-state index in [2.05, 4.69) is 21.2 Å². The SMILES string of the molecule is O=C(CNc1ccc([N+](=O)[O-])cc1Br)N1CCCCC1. The van der Waals surface area contributed by atoms with Crippen molar-refractivity contribution in [3.05, 3.63) is 32.8 Å². The molecular weight excluding hydrogens is 326 g/mol. The first-order valence-electron chi connectivity index (χ1n) is 6.53. The second kappa shape index (κ2) is 6.69. The van der Waals surface area contributed by atoms with Gasteiger partial charge in [-0.3, -0.25) is 14.9 Å². The van der Waals surface area contributed by atoms with Crippen LogP contribution in [0.15, 0.2) is 22.7 Å². The van der Waals surface area contributed by atoms with E-state index in [1.807, 2.05) is 4.90 Å². The number of amides is 1. The molecule has 6 nitrogen and oxygen atoms in total. The smallest absolute Gasteiger partial charge is 0.270 e. The van der Waals surface area contributed by atoms with Gasteiger partial charge < -0.3 is 10.2 Å². The Morgan fingerprint density at radius 3 is 2.65 bits per heavy atom. The Bertz CT molecular complexity index is 516. The maximum atomic E-state index is 12.0. The summed E-state index contributed by atoms with van der Waals surface area (Å²) in [5.74, 6) is 0.0648. The van der Waals surface area contributed by atoms with E-state index in [4.69, 9.17) is 0 Å². The van der Waals surface area contributed by atoms with Crippen LogP contribution in [0.25, 0.3) is 0 Å². The van der Waals surface area contributed by atoms with Crippen LogP contribution in [0.4, 0.5) is 11.4 Å². The molecule has 1 fully saturated rings. The van der Waals surface area contributed by atoms with Crippen molar-refractivity contribution in [3.63, 3.8) is 0 Å². The first-order chi connectivity index (χ1) is 9.58. The fraction of sp³-hybridized carbons (Fsp3) is 0.462. The lowest BCUT2D eigenvalue weighted by atomic mass is 10.1. The molecule has 1 aliphatic heterocycles. The van der Waals surface area contributed by atoms with Gasteiger partial charge in [-0.15, -0.1) is 0 Å². The molecule has 1 aromatic carbocycles. The molecule has 2 rings (SSSR count). The second-order valence-corrected chi connectivity index (χ2v) is 5.57. The maximum absolute atomic E-state index is 12.0. The summed E-state index contributed by atoms with van der Waals surface area (Å²) in [7, 11) is 0. The van der Waals surface area contributed by atoms with Crippen LogP contribution in [0.5, 0.6) is 0 Å². The third kappa shape index (κ3) is 3.69. The van der Waals surface area contributed by atoms with Crippen LogP contribution in [-0.4, -0.2) is 35.4 Å². The van der Waals surface area contributed by atoms with Crippen molar-refractivity contribution in [1.82, 2.24) is 4.90 Å². The highest BCUT2D eigenvalue weighted by Crippen LogP contribution is 2.27. The number of hydrogen-bond acceptors (Lipinski definition) is 4. The summed E-state index contributed by atoms with van der Waals surface area (Å²) in [5, 5.41) is 13.7. The average molecular weight is 342 g/mol. The Kier molecular flexibility index (Phi) is 4.94. The lowest BCUT2D eigenvalue weighted by Gasteiger charge is -2.27. The molecule has 0 radical (unpaired) electrons. The Morgan fingerprint density at radius 1 is 1.35 bits per heavy atom. The van der Waals surface area contributed by atoms with Gasteiger partial charge in [-0.2, -0.15) is 0 Å². The van der Waals surface area contributed by atoms with E-state index in [1.54, 1.807) is 6.07 Å². The minimum absolute atomic E-state index is 0.0183. The second-order valence-electron chi connectivity index (χ2n) is 4.72. The summed E-state index contributed by atoms with van der Waals surface area (Å²) < 4.78 is 0.582. The molecule has 0 aliphatic carbocycles. The number of anilines is 1. The lowest BCUT2D eigenvalue weighted by Crippen LogP contribution is -2.39. The van der Waals surface area contributed by atoms with Crippen molar-refractivity contribution in [2.45, 2.75) is 19.3 Å². The topological polar surface area (TPSA) is 75.5 Å². The number of nitrogens with one attached hydrogen (secondary N) is 1. The molecule has 1 saturated heterocycles. The van der Waals surface area contributed by atoms with Gasteiger partial charge in [-0.1, -0.05) is 0 Å². The first-order valence-corrected chi connectivity index (χ1v) is 7.33. The minimum Gasteiger partial charge on any atom is -0.375 e. The van der Waals surface area contributed by atoms with Gasteiger partial charge in [0.05, 0.1) is 11.5 Å². The van der Waals surface area contributed by atoms with Crippen molar-refractivity contribution in [3.8, 4) is 0 Å². The van der Waals surface area contributed by atoms with E-state index in [0.717, 1.165) is 25.9 Å². The number of nitro groups is 1. The fourth-order valence-electron chi connectivity index (χ4n) is 2.19. The Morgan fingerprint density at radius 2 is 2.05 bits per heavy atom. The molecule has 0 saturated carbocycles. The van der Waals surface area contributed by atoms with Crippen molar-refractivity contribution in [2.24, 2.45) is 0 Å². The number of non-ortho nitro benzene ring substituents is 1. The van der Waals surface area contributed by atoms with Crippen LogP contribution >= 0.6 is 15.9 Å². The number of hydrogen-bond donors (Lipinski definition) is 1. The van der Waals surface area contributed by atoms with Crippen LogP contribution in [0, 0.1) is 10.1 Å². The van der Waals surface area contributed by atoms with E-state index in [-0.39, 0.29) is 18.1 Å². The summed E-state index contributed by atoms with van der Waals surface area (Å²) >= 11 is 3.27. The van der Waals surface area contributed by atoms with E-state index in [9.17, 15) is 14.9 Å². The van der Waals surface area contributed by atoms with E-state index in [1.165, 1.54) is 18.6 Å². The van der Waals surface area contributed by atoms with E-state index >= 15 is 0 Å². The number of halogens is 1. The quantitative estimate of drug-likeness (QED) is 0.674. The number of piperidine rings is 1. The van der Waals surface area contributed by atoms with Gasteiger partial charge in [-0.05, 0) is 41.3 Å². The van der Waals surface area contributed by atoms with Crippen LogP contribution in [0.3, 0.4) is 0 Å². The summed E-state index contributed by atoms with van der Waals surface area (Å²) in [5.41, 5.74) is 0.700. The van der Waals surface area contributed by atoms with Crippen molar-refractivity contribution < 1.29 is 9.72 Å². The minimum atomic E-state index is -0.451. The first kappa shape index (κ1) is 14.8. The number of rotatable bonds is 4. The molecule has 0 aromatic heterocycles. The lowest BCUT2D eigenvalue weighted by molar-refractivity contribution is -0.384. The zero-order valence-corrected chi connectivity index (χ0v) is 12.6. The third-order valence-corrected chi connectivity index (χ3v) is 3.96. The van der Waals surface area contributed by atoms with Gasteiger partial charge in [0.25, 0.3) is 5.69 Å². The Hall–Kier alpha value is -1.63. The number of benzene rings is 1. The standard InChI is InChI=1S/C13H16BrN3O3/c14-11-8-10(17(19)20)4-5-12(11)15-9-13(18)16-6-2-1-3-7-16/h4-5,8,15H,1-3,6-7,9H2. The molecule has 1 N–H and O–H groups in total. The third-order valence-electron chi connectivity index (χ3n) is 3.30. The zero-order valence-electron chi connectivity index (χ0n) is 11.0. The highest BCUT2D eigenvalue weighted by Gasteiger charge is 2.16. The number of nitro benzene ring substituents is 1. The zero-order chi connectivity index (χ0) is 14.5. The number of likely N-dealkylation sites (tertiary alicyclic amines) is 1. The van der Waals surface area contributed by atoms with Gasteiger partial charge in [0.15, 0.2) is 0 Å². The normalized spacial score (nSPS) is 14.9. The fourth-order valence-corrected chi connectivity index (χ4v) is 2.69. The van der Waals surface area contributed by atoms with Gasteiger partial charge in [-0.25, -0.2) is 0 Å². The Labute approximate surface area is 125 Å². The van der Waals surface area contributed by atoms with Gasteiger partial charge in [0, 0.05) is 35.4 Å². The largest absolute Gasteiger partial charge is 0.375 e. The number of nitrogens with zero attached hydrogens (tertiary/aromatic N) is 2. The highest BCUT2D eigenvalue weighted by molar-refractivity contribution is 9.10. The summed E-state index contributed by atoms with van der Waals surface area (Å²) in [6.45, 7) is 1.85. The monoisotopic (exact) mass is 341 g/mol. The predicted octanol–water partition coefficient (Wildman–Crippen LogP) is 2.78. The van der Waals surface area contributed by atoms with Crippen LogP contribution in [-0.2, 0) is 4.79 Å². The highest BCUT2D eigenvalue weighted by atomic mass is 79.9. The van der Waals surface area contributed by atoms with Gasteiger partial charge in [0.2, 0.25) is 5.91 Å². The average Bonchev–Trinajstić information content (AvgIpc) is 2.46. The molecular formula is C13H16BrN3O3. The summed E-state index contributed by atoms with van der Waals surface area (Å²) in [6, 6.07) is 4.44. The molecule has 0 spiro atoms. The summed E-state index contributed by atoms with van der Waals surface area (Å²) in [4.78, 5) is 24.0. The number of carbonyl (C=O) groups is 1. The van der Waals surface area contributed by atoms with Gasteiger partial charge in [0.1, 0.15) is 0 Å². The van der Waals surface area contributed by atoms with Crippen molar-refractivity contribution in [2.75, 3.05) is 25.0 Å². The van der Waals surface area contributed by atoms with E-state index < -0.39 is 4.92 Å². The summed E-state index contributed by atoms with van der Waals surface area (Å²) in [6.07, 6.45) is 3.31. The van der Waals surface area contributed by atoms with Crippen molar-refractivity contribution >= 4 is 33.2 Å². The van der Waals surface area contributed by atoms with Crippen LogP contribution < -0.4 is 5.32 Å². The van der Waals surface area contributed by atoms with Gasteiger partial charge >= 0.3 is 0 Å². The van der Waals surface area contributed by atoms with E-state index in [0.29, 0.717) is 10.2 Å². The number of carbonyl (C=O) groups excluding carboxylic acids is 1. The molecule has 1 heterocycles.